The van der Waals surface area contributed by atoms with E-state index >= 15 is 0 Å². The Morgan fingerprint density at radius 2 is 1.18 bits per heavy atom. The molecule has 0 bridgehead atoms. The van der Waals surface area contributed by atoms with E-state index in [2.05, 4.69) is 15.1 Å². The molecule has 0 aromatic heterocycles. The zero-order valence-corrected chi connectivity index (χ0v) is 11.0. The Bertz CT molecular complexity index is 226. The number of piperidine rings is 1. The molecule has 0 aromatic rings. The summed E-state index contributed by atoms with van der Waals surface area (Å²) in [6.07, 6.45) is 5.77. The van der Waals surface area contributed by atoms with Crippen LogP contribution in [0.25, 0.3) is 0 Å². The Labute approximate surface area is 106 Å². The van der Waals surface area contributed by atoms with Gasteiger partial charge in [-0.3, -0.25) is 0 Å². The fraction of sp³-hybridized carbons (Fsp3) is 1.00. The molecule has 2 saturated heterocycles. The van der Waals surface area contributed by atoms with E-state index in [-0.39, 0.29) is 0 Å². The lowest BCUT2D eigenvalue weighted by molar-refractivity contribution is 0.108. The van der Waals surface area contributed by atoms with Crippen molar-refractivity contribution in [2.45, 2.75) is 25.7 Å². The van der Waals surface area contributed by atoms with Crippen molar-refractivity contribution in [3.05, 3.63) is 0 Å². The fourth-order valence-corrected chi connectivity index (χ4v) is 3.25. The summed E-state index contributed by atoms with van der Waals surface area (Å²) >= 11 is 0. The Morgan fingerprint density at radius 3 is 1.65 bits per heavy atom. The van der Waals surface area contributed by atoms with Crippen LogP contribution in [0.1, 0.15) is 25.7 Å². The van der Waals surface area contributed by atoms with E-state index in [9.17, 15) is 0 Å². The molecule has 0 unspecified atom stereocenters. The van der Waals surface area contributed by atoms with Crippen LogP contribution in [0, 0.1) is 11.8 Å². The van der Waals surface area contributed by atoms with Gasteiger partial charge in [-0.1, -0.05) is 0 Å². The summed E-state index contributed by atoms with van der Waals surface area (Å²) < 4.78 is 0. The van der Waals surface area contributed by atoms with Crippen LogP contribution in [0.2, 0.25) is 0 Å². The van der Waals surface area contributed by atoms with Gasteiger partial charge in [-0.25, -0.2) is 0 Å². The van der Waals surface area contributed by atoms with Gasteiger partial charge in [0.1, 0.15) is 0 Å². The second-order valence-corrected chi connectivity index (χ2v) is 6.24. The highest BCUT2D eigenvalue weighted by Gasteiger charge is 2.27. The van der Waals surface area contributed by atoms with Crippen LogP contribution in [0.5, 0.6) is 0 Å². The standard InChI is InChI=1S/C14H27N3/c1-2-13(1)11-16-7-9-17(10-8-16)12-14-3-5-15-6-4-14/h13-15H,1-12H2. The number of nitrogens with zero attached hydrogens (tertiary/aromatic N) is 2. The van der Waals surface area contributed by atoms with Crippen molar-refractivity contribution in [2.75, 3.05) is 52.4 Å². The maximum absolute atomic E-state index is 3.46. The van der Waals surface area contributed by atoms with Crippen LogP contribution in [-0.4, -0.2) is 62.2 Å². The van der Waals surface area contributed by atoms with Crippen LogP contribution in [0.4, 0.5) is 0 Å². The highest BCUT2D eigenvalue weighted by Crippen LogP contribution is 2.30. The van der Waals surface area contributed by atoms with Gasteiger partial charge in [0.15, 0.2) is 0 Å². The summed E-state index contributed by atoms with van der Waals surface area (Å²) in [7, 11) is 0. The number of nitrogens with one attached hydrogen (secondary N) is 1. The molecule has 17 heavy (non-hydrogen) atoms. The van der Waals surface area contributed by atoms with E-state index < -0.39 is 0 Å². The molecule has 3 rings (SSSR count). The van der Waals surface area contributed by atoms with Gasteiger partial charge in [0, 0.05) is 39.3 Å². The molecule has 3 fully saturated rings. The predicted molar refractivity (Wildman–Crippen MR) is 71.2 cm³/mol. The van der Waals surface area contributed by atoms with Gasteiger partial charge in [-0.05, 0) is 50.6 Å². The third-order valence-electron chi connectivity index (χ3n) is 4.65. The zero-order valence-electron chi connectivity index (χ0n) is 11.0. The monoisotopic (exact) mass is 237 g/mol. The third kappa shape index (κ3) is 3.67. The molecule has 0 radical (unpaired) electrons. The molecule has 0 amide bonds. The van der Waals surface area contributed by atoms with Gasteiger partial charge < -0.3 is 15.1 Å². The SMILES string of the molecule is C1CC(CN2CCN(CC3CC3)CC2)CCN1. The number of piperazine rings is 1. The molecule has 3 aliphatic rings. The maximum Gasteiger partial charge on any atom is 0.0110 e. The van der Waals surface area contributed by atoms with Crippen molar-refractivity contribution in [1.29, 1.82) is 0 Å². The topological polar surface area (TPSA) is 18.5 Å². The van der Waals surface area contributed by atoms with Crippen molar-refractivity contribution in [3.8, 4) is 0 Å². The number of hydrogen-bond donors (Lipinski definition) is 1. The molecule has 2 heterocycles. The lowest BCUT2D eigenvalue weighted by Gasteiger charge is -2.37. The van der Waals surface area contributed by atoms with Crippen molar-refractivity contribution < 1.29 is 0 Å². The number of hydrogen-bond acceptors (Lipinski definition) is 3. The largest absolute Gasteiger partial charge is 0.317 e. The van der Waals surface area contributed by atoms with Gasteiger partial charge in [0.05, 0.1) is 0 Å². The van der Waals surface area contributed by atoms with Gasteiger partial charge in [0.2, 0.25) is 0 Å². The molecule has 2 aliphatic heterocycles. The quantitative estimate of drug-likeness (QED) is 0.787. The van der Waals surface area contributed by atoms with E-state index in [0.29, 0.717) is 0 Å². The highest BCUT2D eigenvalue weighted by molar-refractivity contribution is 4.81. The predicted octanol–water partition coefficient (Wildman–Crippen LogP) is 1.01. The fourth-order valence-electron chi connectivity index (χ4n) is 3.25. The Morgan fingerprint density at radius 1 is 0.706 bits per heavy atom. The molecule has 1 saturated carbocycles. The van der Waals surface area contributed by atoms with Crippen molar-refractivity contribution in [2.24, 2.45) is 11.8 Å². The second kappa shape index (κ2) is 5.68. The first-order valence-corrected chi connectivity index (χ1v) is 7.55. The smallest absolute Gasteiger partial charge is 0.0110 e. The lowest BCUT2D eigenvalue weighted by Crippen LogP contribution is -2.49. The molecular formula is C14H27N3. The van der Waals surface area contributed by atoms with Crippen LogP contribution in [0.15, 0.2) is 0 Å². The third-order valence-corrected chi connectivity index (χ3v) is 4.65. The van der Waals surface area contributed by atoms with Gasteiger partial charge in [-0.2, -0.15) is 0 Å². The van der Waals surface area contributed by atoms with E-state index in [0.717, 1.165) is 11.8 Å². The van der Waals surface area contributed by atoms with E-state index in [4.69, 9.17) is 0 Å². The van der Waals surface area contributed by atoms with Gasteiger partial charge in [-0.15, -0.1) is 0 Å². The molecule has 0 atom stereocenters. The van der Waals surface area contributed by atoms with Crippen LogP contribution >= 0.6 is 0 Å². The van der Waals surface area contributed by atoms with Gasteiger partial charge >= 0.3 is 0 Å². The average molecular weight is 237 g/mol. The summed E-state index contributed by atoms with van der Waals surface area (Å²) in [5.74, 6) is 2.03. The summed E-state index contributed by atoms with van der Waals surface area (Å²) in [5.41, 5.74) is 0. The summed E-state index contributed by atoms with van der Waals surface area (Å²) in [6, 6.07) is 0. The molecule has 3 heteroatoms. The molecule has 0 aromatic carbocycles. The summed E-state index contributed by atoms with van der Waals surface area (Å²) in [5, 5.41) is 3.46. The Balaban J connectivity index is 1.35. The minimum atomic E-state index is 0.964. The maximum atomic E-state index is 3.46. The second-order valence-electron chi connectivity index (χ2n) is 6.24. The zero-order chi connectivity index (χ0) is 11.5. The molecule has 1 N–H and O–H groups in total. The van der Waals surface area contributed by atoms with Crippen molar-refractivity contribution in [3.63, 3.8) is 0 Å². The highest BCUT2D eigenvalue weighted by atomic mass is 15.3. The van der Waals surface area contributed by atoms with Crippen molar-refractivity contribution in [1.82, 2.24) is 15.1 Å². The minimum Gasteiger partial charge on any atom is -0.317 e. The normalized spacial score (nSPS) is 29.6. The molecule has 3 nitrogen and oxygen atoms in total. The molecule has 1 aliphatic carbocycles. The summed E-state index contributed by atoms with van der Waals surface area (Å²) in [6.45, 7) is 10.5. The molecule has 98 valence electrons. The Hall–Kier alpha value is -0.120. The van der Waals surface area contributed by atoms with E-state index in [1.165, 1.54) is 78.0 Å². The first-order chi connectivity index (χ1) is 8.40. The molecule has 0 spiro atoms. The summed E-state index contributed by atoms with van der Waals surface area (Å²) in [4.78, 5) is 5.40. The Kier molecular flexibility index (Phi) is 3.99. The van der Waals surface area contributed by atoms with Crippen LogP contribution in [0.3, 0.4) is 0 Å². The van der Waals surface area contributed by atoms with Gasteiger partial charge in [0.25, 0.3) is 0 Å². The average Bonchev–Trinajstić information content (AvgIpc) is 3.17. The first kappa shape index (κ1) is 11.9. The van der Waals surface area contributed by atoms with E-state index in [1.54, 1.807) is 0 Å². The van der Waals surface area contributed by atoms with Crippen LogP contribution < -0.4 is 5.32 Å². The first-order valence-electron chi connectivity index (χ1n) is 7.55. The van der Waals surface area contributed by atoms with Crippen LogP contribution in [-0.2, 0) is 0 Å². The molecular weight excluding hydrogens is 210 g/mol. The van der Waals surface area contributed by atoms with Crippen molar-refractivity contribution >= 4 is 0 Å². The van der Waals surface area contributed by atoms with E-state index in [1.807, 2.05) is 0 Å². The minimum absolute atomic E-state index is 0.964. The lowest BCUT2D eigenvalue weighted by atomic mass is 9.97. The number of rotatable bonds is 4.